The van der Waals surface area contributed by atoms with Crippen molar-refractivity contribution < 1.29 is 24.7 Å². The zero-order valence-corrected chi connectivity index (χ0v) is 16.2. The molecule has 0 saturated heterocycles. The van der Waals surface area contributed by atoms with Crippen LogP contribution in [0.4, 0.5) is 0 Å². The van der Waals surface area contributed by atoms with Crippen LogP contribution in [-0.4, -0.2) is 9.55 Å². The number of aromatic nitrogens is 3. The van der Waals surface area contributed by atoms with Gasteiger partial charge in [0, 0.05) is 18.6 Å². The van der Waals surface area contributed by atoms with Gasteiger partial charge in [-0.25, -0.2) is 0 Å². The first-order chi connectivity index (χ1) is 11.8. The summed E-state index contributed by atoms with van der Waals surface area (Å²) in [5.74, 6) is 0. The number of hydrogen-bond acceptors (Lipinski definition) is 1. The van der Waals surface area contributed by atoms with Crippen molar-refractivity contribution in [2.24, 2.45) is 7.05 Å². The number of hydrogen-bond donors (Lipinski definition) is 0. The maximum absolute atomic E-state index is 4.22. The standard InChI is InChI=1S/C11H8N.C10H9N2.Ir/c1-2-6-10(7-3-1)11-8-4-5-9-12-11;1-11-7-8-12(9-11)10-5-3-2-4-6-10;/h1-6,8-9H;2-5,7-8H,1H3;/q2*-1;+3. The smallest absolute Gasteiger partial charge is 0.348 e. The molecule has 4 aromatic rings. The summed E-state index contributed by atoms with van der Waals surface area (Å²) >= 11 is 0. The Morgan fingerprint density at radius 1 is 0.920 bits per heavy atom. The number of imidazole rings is 1. The van der Waals surface area contributed by atoms with Gasteiger partial charge in [-0.3, -0.25) is 0 Å². The number of nitrogens with zero attached hydrogens (tertiary/aromatic N) is 3. The Kier molecular flexibility index (Phi) is 7.27. The molecular formula is C21H17IrN3+. The van der Waals surface area contributed by atoms with Crippen LogP contribution in [0.5, 0.6) is 0 Å². The molecule has 2 aromatic heterocycles. The van der Waals surface area contributed by atoms with Gasteiger partial charge in [0.2, 0.25) is 6.33 Å². The zero-order valence-electron chi connectivity index (χ0n) is 13.8. The first-order valence-electron chi connectivity index (χ1n) is 7.64. The number of aryl methyl sites for hydroxylation is 1. The molecule has 124 valence electrons. The van der Waals surface area contributed by atoms with Crippen LogP contribution in [-0.2, 0) is 27.2 Å². The van der Waals surface area contributed by atoms with E-state index in [1.165, 1.54) is 0 Å². The van der Waals surface area contributed by atoms with Crippen LogP contribution in [0, 0.1) is 18.5 Å². The average Bonchev–Trinajstić information content (AvgIpc) is 3.11. The van der Waals surface area contributed by atoms with Crippen molar-refractivity contribution in [3.8, 4) is 16.9 Å². The normalized spacial score (nSPS) is 9.48. The summed E-state index contributed by atoms with van der Waals surface area (Å²) in [7, 11) is 1.94. The average molecular weight is 504 g/mol. The second-order valence-electron chi connectivity index (χ2n) is 5.12. The molecule has 0 aliphatic rings. The van der Waals surface area contributed by atoms with Gasteiger partial charge in [0.25, 0.3) is 0 Å². The molecule has 0 atom stereocenters. The third-order valence-electron chi connectivity index (χ3n) is 3.31. The van der Waals surface area contributed by atoms with E-state index in [9.17, 15) is 0 Å². The first-order valence-corrected chi connectivity index (χ1v) is 7.64. The Balaban J connectivity index is 0.000000173. The van der Waals surface area contributed by atoms with Crippen LogP contribution in [0.15, 0.2) is 85.3 Å². The summed E-state index contributed by atoms with van der Waals surface area (Å²) in [5.41, 5.74) is 3.02. The number of rotatable bonds is 2. The fourth-order valence-electron chi connectivity index (χ4n) is 2.15. The Hall–Kier alpha value is -2.55. The third kappa shape index (κ3) is 5.49. The molecule has 2 heterocycles. The Bertz CT molecular complexity index is 822. The van der Waals surface area contributed by atoms with E-state index in [-0.39, 0.29) is 20.1 Å². The van der Waals surface area contributed by atoms with Crippen LogP contribution < -0.4 is 4.57 Å². The summed E-state index contributed by atoms with van der Waals surface area (Å²) in [6.07, 6.45) is 8.78. The van der Waals surface area contributed by atoms with Crippen molar-refractivity contribution in [2.75, 3.05) is 0 Å². The van der Waals surface area contributed by atoms with Gasteiger partial charge in [-0.15, -0.1) is 35.9 Å². The molecule has 3 nitrogen and oxygen atoms in total. The van der Waals surface area contributed by atoms with Gasteiger partial charge in [0.05, 0.1) is 7.05 Å². The van der Waals surface area contributed by atoms with E-state index >= 15 is 0 Å². The molecule has 4 heteroatoms. The van der Waals surface area contributed by atoms with Crippen molar-refractivity contribution in [3.05, 3.63) is 104 Å². The zero-order chi connectivity index (χ0) is 16.6. The van der Waals surface area contributed by atoms with Crippen LogP contribution >= 0.6 is 0 Å². The molecule has 0 amide bonds. The van der Waals surface area contributed by atoms with E-state index in [1.807, 2.05) is 95.3 Å². The van der Waals surface area contributed by atoms with E-state index in [0.717, 1.165) is 16.9 Å². The van der Waals surface area contributed by atoms with E-state index in [1.54, 1.807) is 6.20 Å². The third-order valence-corrected chi connectivity index (χ3v) is 3.31. The summed E-state index contributed by atoms with van der Waals surface area (Å²) in [4.78, 5) is 4.22. The van der Waals surface area contributed by atoms with E-state index in [2.05, 4.69) is 23.4 Å². The van der Waals surface area contributed by atoms with Crippen LogP contribution in [0.1, 0.15) is 0 Å². The van der Waals surface area contributed by atoms with Gasteiger partial charge in [-0.2, -0.15) is 30.3 Å². The number of pyridine rings is 1. The van der Waals surface area contributed by atoms with Crippen molar-refractivity contribution in [2.45, 2.75) is 0 Å². The predicted octanol–water partition coefficient (Wildman–Crippen LogP) is 3.45. The Morgan fingerprint density at radius 3 is 2.24 bits per heavy atom. The minimum Gasteiger partial charge on any atom is -0.348 e. The molecule has 0 spiro atoms. The Labute approximate surface area is 162 Å². The monoisotopic (exact) mass is 504 g/mol. The maximum Gasteiger partial charge on any atom is 3.00 e. The molecule has 0 radical (unpaired) electrons. The van der Waals surface area contributed by atoms with Gasteiger partial charge in [-0.05, 0) is 11.8 Å². The van der Waals surface area contributed by atoms with Gasteiger partial charge >= 0.3 is 20.1 Å². The van der Waals surface area contributed by atoms with Gasteiger partial charge in [0.15, 0.2) is 0 Å². The molecule has 0 unspecified atom stereocenters. The predicted molar refractivity (Wildman–Crippen MR) is 93.1 cm³/mol. The molecule has 25 heavy (non-hydrogen) atoms. The van der Waals surface area contributed by atoms with Gasteiger partial charge in [-0.1, -0.05) is 17.8 Å². The first kappa shape index (κ1) is 18.8. The van der Waals surface area contributed by atoms with Gasteiger partial charge < -0.3 is 14.1 Å². The summed E-state index contributed by atoms with van der Waals surface area (Å²) in [6.45, 7) is 0. The SMILES string of the molecule is Cn1[c-][n+](-c2[c-]cccc2)cc1.[Ir+3].[c-]1ccccc1-c1ccccn1. The van der Waals surface area contributed by atoms with Crippen molar-refractivity contribution in [1.82, 2.24) is 9.55 Å². The molecule has 0 N–H and O–H groups in total. The van der Waals surface area contributed by atoms with E-state index < -0.39 is 0 Å². The molecule has 0 aliphatic heterocycles. The molecule has 0 fully saturated rings. The van der Waals surface area contributed by atoms with Crippen LogP contribution in [0.3, 0.4) is 0 Å². The minimum absolute atomic E-state index is 0. The minimum atomic E-state index is 0. The van der Waals surface area contributed by atoms with Gasteiger partial charge in [0.1, 0.15) is 0 Å². The second-order valence-corrected chi connectivity index (χ2v) is 5.12. The topological polar surface area (TPSA) is 21.7 Å². The molecule has 4 rings (SSSR count). The maximum atomic E-state index is 4.22. The van der Waals surface area contributed by atoms with Crippen molar-refractivity contribution in [1.29, 1.82) is 0 Å². The number of benzene rings is 2. The second kappa shape index (κ2) is 9.67. The molecule has 0 aliphatic carbocycles. The quantitative estimate of drug-likeness (QED) is 0.303. The molecule has 2 aromatic carbocycles. The van der Waals surface area contributed by atoms with Crippen molar-refractivity contribution >= 4 is 0 Å². The van der Waals surface area contributed by atoms with E-state index in [0.29, 0.717) is 0 Å². The largest absolute Gasteiger partial charge is 3.00 e. The summed E-state index contributed by atoms with van der Waals surface area (Å²) < 4.78 is 3.78. The summed E-state index contributed by atoms with van der Waals surface area (Å²) in [6, 6.07) is 27.8. The summed E-state index contributed by atoms with van der Waals surface area (Å²) in [5, 5.41) is 0. The molecule has 0 saturated carbocycles. The fraction of sp³-hybridized carbons (Fsp3) is 0.0476. The number of para-hydroxylation sites is 1. The Morgan fingerprint density at radius 2 is 1.68 bits per heavy atom. The van der Waals surface area contributed by atoms with Crippen LogP contribution in [0.25, 0.3) is 16.9 Å². The van der Waals surface area contributed by atoms with Crippen LogP contribution in [0.2, 0.25) is 0 Å². The molecular weight excluding hydrogens is 486 g/mol. The molecule has 0 bridgehead atoms. The van der Waals surface area contributed by atoms with E-state index in [4.69, 9.17) is 0 Å². The van der Waals surface area contributed by atoms with Crippen molar-refractivity contribution in [3.63, 3.8) is 0 Å². The fourth-order valence-corrected chi connectivity index (χ4v) is 2.15.